The molecule has 2 atom stereocenters. The highest BCUT2D eigenvalue weighted by Crippen LogP contribution is 2.40. The van der Waals surface area contributed by atoms with E-state index in [1.54, 1.807) is 12.1 Å². The number of hydrogen-bond donors (Lipinski definition) is 3. The number of rotatable bonds is 2. The second kappa shape index (κ2) is 4.61. The Morgan fingerprint density at radius 1 is 1.20 bits per heavy atom. The predicted octanol–water partition coefficient (Wildman–Crippen LogP) is 0.408. The highest BCUT2D eigenvalue weighted by atomic mass is 32.2. The van der Waals surface area contributed by atoms with E-state index in [-0.39, 0.29) is 16.7 Å². The summed E-state index contributed by atoms with van der Waals surface area (Å²) in [6.45, 7) is 0. The summed E-state index contributed by atoms with van der Waals surface area (Å²) in [6.07, 6.45) is 3.39. The molecule has 2 bridgehead atoms. The van der Waals surface area contributed by atoms with Crippen LogP contribution in [0.15, 0.2) is 23.1 Å². The van der Waals surface area contributed by atoms with E-state index >= 15 is 0 Å². The van der Waals surface area contributed by atoms with Gasteiger partial charge in [0.1, 0.15) is 4.90 Å². The van der Waals surface area contributed by atoms with Crippen LogP contribution in [0.5, 0.6) is 0 Å². The Hall–Kier alpha value is -1.31. The summed E-state index contributed by atoms with van der Waals surface area (Å²) in [4.78, 5) is 2.22. The minimum absolute atomic E-state index is 0.0364. The normalized spacial score (nSPS) is 29.7. The Kier molecular flexibility index (Phi) is 3.15. The van der Waals surface area contributed by atoms with Crippen molar-refractivity contribution in [2.24, 2.45) is 5.14 Å². The fraction of sp³-hybridized carbons (Fsp3) is 0.538. The van der Waals surface area contributed by atoms with Crippen molar-refractivity contribution in [2.45, 2.75) is 48.8 Å². The summed E-state index contributed by atoms with van der Waals surface area (Å²) in [6, 6.07) is 5.50. The molecule has 0 radical (unpaired) electrons. The summed E-state index contributed by atoms with van der Waals surface area (Å²) in [5.74, 6) is 0. The van der Waals surface area contributed by atoms with Crippen LogP contribution < -0.4 is 15.8 Å². The molecule has 5 N–H and O–H groups in total. The molecule has 20 heavy (non-hydrogen) atoms. The molecule has 2 aliphatic heterocycles. The highest BCUT2D eigenvalue weighted by molar-refractivity contribution is 7.89. The van der Waals surface area contributed by atoms with Crippen molar-refractivity contribution in [3.8, 4) is 0 Å². The van der Waals surface area contributed by atoms with Crippen molar-refractivity contribution in [1.29, 1.82) is 0 Å². The lowest BCUT2D eigenvalue weighted by Gasteiger charge is -2.39. The Morgan fingerprint density at radius 3 is 2.30 bits per heavy atom. The van der Waals surface area contributed by atoms with Gasteiger partial charge in [-0.25, -0.2) is 13.6 Å². The van der Waals surface area contributed by atoms with Gasteiger partial charge in [-0.3, -0.25) is 0 Å². The number of benzene rings is 1. The summed E-state index contributed by atoms with van der Waals surface area (Å²) in [5.41, 5.74) is 6.91. The first-order chi connectivity index (χ1) is 9.36. The first kappa shape index (κ1) is 13.7. The van der Waals surface area contributed by atoms with Crippen LogP contribution in [0.1, 0.15) is 25.7 Å². The van der Waals surface area contributed by atoms with Gasteiger partial charge >= 0.3 is 0 Å². The van der Waals surface area contributed by atoms with E-state index in [0.29, 0.717) is 12.1 Å². The van der Waals surface area contributed by atoms with Crippen molar-refractivity contribution < 1.29 is 13.5 Å². The molecule has 1 aromatic rings. The Morgan fingerprint density at radius 2 is 1.80 bits per heavy atom. The van der Waals surface area contributed by atoms with Crippen molar-refractivity contribution in [2.75, 3.05) is 10.6 Å². The first-order valence-electron chi connectivity index (χ1n) is 6.75. The highest BCUT2D eigenvalue weighted by Gasteiger charge is 2.40. The molecule has 110 valence electrons. The lowest BCUT2D eigenvalue weighted by atomic mass is 9.99. The molecule has 1 aromatic carbocycles. The van der Waals surface area contributed by atoms with E-state index in [2.05, 4.69) is 4.90 Å². The first-order valence-corrected chi connectivity index (χ1v) is 8.29. The number of primary sulfonamides is 1. The van der Waals surface area contributed by atoms with E-state index in [4.69, 9.17) is 10.9 Å². The zero-order valence-corrected chi connectivity index (χ0v) is 11.9. The van der Waals surface area contributed by atoms with Gasteiger partial charge in [-0.1, -0.05) is 0 Å². The maximum atomic E-state index is 11.4. The average molecular weight is 297 g/mol. The van der Waals surface area contributed by atoms with Gasteiger partial charge in [0.15, 0.2) is 0 Å². The summed E-state index contributed by atoms with van der Waals surface area (Å²) in [5, 5.41) is 14.9. The standard InChI is InChI=1S/C13H19N3O3S/c14-12-7-10(3-4-13(12)20(15,18)19)16-8-1-2-9(16)6-11(17)5-8/h3-4,7-9,11,17H,1-2,5-6,14H2,(H2,15,18,19). The number of nitrogens with two attached hydrogens (primary N) is 2. The van der Waals surface area contributed by atoms with Gasteiger partial charge in [0.2, 0.25) is 10.0 Å². The van der Waals surface area contributed by atoms with Gasteiger partial charge < -0.3 is 15.7 Å². The predicted molar refractivity (Wildman–Crippen MR) is 76.8 cm³/mol. The summed E-state index contributed by atoms with van der Waals surface area (Å²) < 4.78 is 22.8. The molecule has 0 amide bonds. The summed E-state index contributed by atoms with van der Waals surface area (Å²) >= 11 is 0. The van der Waals surface area contributed by atoms with Crippen LogP contribution in [0.4, 0.5) is 11.4 Å². The third-order valence-electron chi connectivity index (χ3n) is 4.31. The average Bonchev–Trinajstić information content (AvgIpc) is 2.60. The fourth-order valence-corrected chi connectivity index (χ4v) is 4.17. The molecule has 2 saturated heterocycles. The van der Waals surface area contributed by atoms with E-state index in [9.17, 15) is 13.5 Å². The zero-order chi connectivity index (χ0) is 14.5. The van der Waals surface area contributed by atoms with Gasteiger partial charge in [-0.15, -0.1) is 0 Å². The molecular formula is C13H19N3O3S. The van der Waals surface area contributed by atoms with E-state index in [1.807, 2.05) is 0 Å². The number of sulfonamides is 1. The maximum absolute atomic E-state index is 11.4. The van der Waals surface area contributed by atoms with Crippen LogP contribution in [0, 0.1) is 0 Å². The number of aliphatic hydroxyl groups is 1. The Bertz CT molecular complexity index is 618. The number of piperidine rings is 1. The van der Waals surface area contributed by atoms with Gasteiger partial charge in [-0.2, -0.15) is 0 Å². The number of nitrogen functional groups attached to an aromatic ring is 1. The van der Waals surface area contributed by atoms with Crippen molar-refractivity contribution in [3.63, 3.8) is 0 Å². The van der Waals surface area contributed by atoms with Crippen molar-refractivity contribution >= 4 is 21.4 Å². The van der Waals surface area contributed by atoms with Crippen molar-refractivity contribution in [1.82, 2.24) is 0 Å². The van der Waals surface area contributed by atoms with Crippen LogP contribution in [0.3, 0.4) is 0 Å². The molecule has 2 aliphatic rings. The SMILES string of the molecule is Nc1cc(N2C3CCC2CC(O)C3)ccc1S(N)(=O)=O. The van der Waals surface area contributed by atoms with Gasteiger partial charge in [0.25, 0.3) is 0 Å². The van der Waals surface area contributed by atoms with Crippen LogP contribution >= 0.6 is 0 Å². The molecule has 0 spiro atoms. The Balaban J connectivity index is 1.95. The minimum Gasteiger partial charge on any atom is -0.398 e. The molecule has 0 saturated carbocycles. The molecule has 6 nitrogen and oxygen atoms in total. The smallest absolute Gasteiger partial charge is 0.240 e. The molecular weight excluding hydrogens is 278 g/mol. The van der Waals surface area contributed by atoms with Crippen LogP contribution in [-0.2, 0) is 10.0 Å². The topological polar surface area (TPSA) is 110 Å². The molecule has 2 heterocycles. The third-order valence-corrected chi connectivity index (χ3v) is 5.29. The van der Waals surface area contributed by atoms with E-state index in [1.165, 1.54) is 6.07 Å². The molecule has 0 aromatic heterocycles. The number of anilines is 2. The second-order valence-corrected chi connectivity index (χ2v) is 7.21. The zero-order valence-electron chi connectivity index (χ0n) is 11.1. The second-order valence-electron chi connectivity index (χ2n) is 5.68. The van der Waals surface area contributed by atoms with Gasteiger partial charge in [0, 0.05) is 17.8 Å². The lowest BCUT2D eigenvalue weighted by Crippen LogP contribution is -2.44. The summed E-state index contributed by atoms with van der Waals surface area (Å²) in [7, 11) is -3.78. The molecule has 2 unspecified atom stereocenters. The largest absolute Gasteiger partial charge is 0.398 e. The van der Waals surface area contributed by atoms with Gasteiger partial charge in [0.05, 0.1) is 11.8 Å². The maximum Gasteiger partial charge on any atom is 0.240 e. The molecule has 7 heteroatoms. The third kappa shape index (κ3) is 2.25. The fourth-order valence-electron chi connectivity index (χ4n) is 3.53. The number of fused-ring (bicyclic) bond motifs is 2. The number of nitrogens with zero attached hydrogens (tertiary/aromatic N) is 1. The van der Waals surface area contributed by atoms with Crippen LogP contribution in [0.25, 0.3) is 0 Å². The van der Waals surface area contributed by atoms with Crippen LogP contribution in [-0.4, -0.2) is 31.7 Å². The Labute approximate surface area is 118 Å². The monoisotopic (exact) mass is 297 g/mol. The molecule has 2 fully saturated rings. The number of hydrogen-bond acceptors (Lipinski definition) is 5. The van der Waals surface area contributed by atoms with Crippen LogP contribution in [0.2, 0.25) is 0 Å². The quantitative estimate of drug-likeness (QED) is 0.685. The van der Waals surface area contributed by atoms with Crippen molar-refractivity contribution in [3.05, 3.63) is 18.2 Å². The minimum atomic E-state index is -3.78. The van der Waals surface area contributed by atoms with Gasteiger partial charge in [-0.05, 0) is 43.9 Å². The number of aliphatic hydroxyl groups excluding tert-OH is 1. The molecule has 0 aliphatic carbocycles. The molecule has 3 rings (SSSR count). The lowest BCUT2D eigenvalue weighted by molar-refractivity contribution is 0.126. The van der Waals surface area contributed by atoms with E-state index in [0.717, 1.165) is 31.4 Å². The van der Waals surface area contributed by atoms with E-state index < -0.39 is 10.0 Å².